The van der Waals surface area contributed by atoms with Crippen LogP contribution >= 0.6 is 0 Å². The van der Waals surface area contributed by atoms with E-state index in [4.69, 9.17) is 0 Å². The monoisotopic (exact) mass is 287 g/mol. The van der Waals surface area contributed by atoms with Crippen LogP contribution in [0.3, 0.4) is 0 Å². The van der Waals surface area contributed by atoms with Gasteiger partial charge in [-0.3, -0.25) is 19.3 Å². The second-order valence-electron chi connectivity index (χ2n) is 5.90. The van der Waals surface area contributed by atoms with Crippen molar-refractivity contribution in [3.63, 3.8) is 0 Å². The summed E-state index contributed by atoms with van der Waals surface area (Å²) in [7, 11) is 0. The van der Waals surface area contributed by atoms with Crippen LogP contribution < -0.4 is 4.90 Å². The molecule has 1 N–H and O–H groups in total. The van der Waals surface area contributed by atoms with E-state index in [1.165, 1.54) is 4.90 Å². The number of carboxylic acid groups (broad SMARTS) is 1. The Morgan fingerprint density at radius 1 is 1.10 bits per heavy atom. The average molecular weight is 287 g/mol. The van der Waals surface area contributed by atoms with Crippen molar-refractivity contribution in [2.24, 2.45) is 23.7 Å². The molecule has 0 bridgehead atoms. The highest BCUT2D eigenvalue weighted by atomic mass is 16.4. The summed E-state index contributed by atoms with van der Waals surface area (Å²) in [6, 6.07) is 8.73. The van der Waals surface area contributed by atoms with E-state index < -0.39 is 23.7 Å². The fourth-order valence-electron chi connectivity index (χ4n) is 3.64. The zero-order chi connectivity index (χ0) is 15.1. The molecule has 1 aliphatic heterocycles. The first-order valence-electron chi connectivity index (χ1n) is 7.18. The van der Waals surface area contributed by atoms with Gasteiger partial charge >= 0.3 is 5.97 Å². The van der Waals surface area contributed by atoms with Gasteiger partial charge in [-0.2, -0.15) is 0 Å². The number of fused-ring (bicyclic) bond motifs is 1. The van der Waals surface area contributed by atoms with Gasteiger partial charge in [0.2, 0.25) is 11.8 Å². The first kappa shape index (κ1) is 13.8. The number of benzene rings is 1. The number of hydrogen-bond acceptors (Lipinski definition) is 3. The molecule has 5 heteroatoms. The number of para-hydroxylation sites is 1. The Hall–Kier alpha value is -2.17. The summed E-state index contributed by atoms with van der Waals surface area (Å²) in [6.45, 7) is 1.93. The molecular formula is C16H17NO4. The van der Waals surface area contributed by atoms with Crippen molar-refractivity contribution in [2.75, 3.05) is 4.90 Å². The van der Waals surface area contributed by atoms with Gasteiger partial charge in [0, 0.05) is 0 Å². The lowest BCUT2D eigenvalue weighted by Gasteiger charge is -2.32. The van der Waals surface area contributed by atoms with Gasteiger partial charge in [-0.25, -0.2) is 0 Å². The van der Waals surface area contributed by atoms with E-state index in [0.717, 1.165) is 0 Å². The van der Waals surface area contributed by atoms with Crippen LogP contribution in [0.15, 0.2) is 30.3 Å². The van der Waals surface area contributed by atoms with Gasteiger partial charge in [-0.05, 0) is 30.9 Å². The number of carbonyl (C=O) groups is 3. The third kappa shape index (κ3) is 2.04. The van der Waals surface area contributed by atoms with E-state index in [2.05, 4.69) is 0 Å². The average Bonchev–Trinajstić information content (AvgIpc) is 2.73. The van der Waals surface area contributed by atoms with Crippen LogP contribution in [0.25, 0.3) is 0 Å². The Balaban J connectivity index is 2.02. The minimum atomic E-state index is -0.979. The number of aliphatic carboxylic acids is 1. The molecule has 0 unspecified atom stereocenters. The number of nitrogens with zero attached hydrogens (tertiary/aromatic N) is 1. The molecule has 4 atom stereocenters. The molecule has 1 heterocycles. The van der Waals surface area contributed by atoms with Crippen molar-refractivity contribution in [2.45, 2.75) is 19.8 Å². The van der Waals surface area contributed by atoms with Crippen LogP contribution in [-0.4, -0.2) is 22.9 Å². The summed E-state index contributed by atoms with van der Waals surface area (Å²) in [6.07, 6.45) is 1.12. The second kappa shape index (κ2) is 4.98. The SMILES string of the molecule is C[C@@H]1CC[C@H](C(=O)O)[C@H]2C(=O)N(c3ccccc3)C(=O)[C@@H]21. The summed E-state index contributed by atoms with van der Waals surface area (Å²) in [4.78, 5) is 37.9. The number of carboxylic acids is 1. The molecule has 1 saturated heterocycles. The van der Waals surface area contributed by atoms with Crippen LogP contribution in [0.4, 0.5) is 5.69 Å². The van der Waals surface area contributed by atoms with E-state index in [-0.39, 0.29) is 17.7 Å². The van der Waals surface area contributed by atoms with Gasteiger partial charge in [-0.1, -0.05) is 25.1 Å². The minimum absolute atomic E-state index is 0.0377. The topological polar surface area (TPSA) is 74.7 Å². The molecule has 110 valence electrons. The van der Waals surface area contributed by atoms with E-state index in [9.17, 15) is 19.5 Å². The highest BCUT2D eigenvalue weighted by Gasteiger charge is 2.56. The molecule has 1 aliphatic carbocycles. The summed E-state index contributed by atoms with van der Waals surface area (Å²) >= 11 is 0. The van der Waals surface area contributed by atoms with Crippen molar-refractivity contribution in [1.82, 2.24) is 0 Å². The first-order valence-corrected chi connectivity index (χ1v) is 7.18. The largest absolute Gasteiger partial charge is 0.481 e. The number of anilines is 1. The van der Waals surface area contributed by atoms with Crippen molar-refractivity contribution in [1.29, 1.82) is 0 Å². The Morgan fingerprint density at radius 2 is 1.71 bits per heavy atom. The van der Waals surface area contributed by atoms with Gasteiger partial charge in [0.1, 0.15) is 0 Å². The lowest BCUT2D eigenvalue weighted by molar-refractivity contribution is -0.149. The molecule has 1 saturated carbocycles. The highest BCUT2D eigenvalue weighted by Crippen LogP contribution is 2.46. The summed E-state index contributed by atoms with van der Waals surface area (Å²) in [5.74, 6) is -3.55. The fourth-order valence-corrected chi connectivity index (χ4v) is 3.64. The lowest BCUT2D eigenvalue weighted by atomic mass is 9.68. The number of carbonyl (C=O) groups excluding carboxylic acids is 2. The van der Waals surface area contributed by atoms with Gasteiger partial charge in [0.05, 0.1) is 23.4 Å². The number of hydrogen-bond donors (Lipinski definition) is 1. The summed E-state index contributed by atoms with van der Waals surface area (Å²) < 4.78 is 0. The van der Waals surface area contributed by atoms with Gasteiger partial charge in [-0.15, -0.1) is 0 Å². The predicted molar refractivity (Wildman–Crippen MR) is 75.4 cm³/mol. The van der Waals surface area contributed by atoms with Gasteiger partial charge < -0.3 is 5.11 Å². The summed E-state index contributed by atoms with van der Waals surface area (Å²) in [5, 5.41) is 9.35. The molecule has 0 radical (unpaired) electrons. The van der Waals surface area contributed by atoms with E-state index >= 15 is 0 Å². The quantitative estimate of drug-likeness (QED) is 0.843. The third-order valence-electron chi connectivity index (χ3n) is 4.71. The maximum absolute atomic E-state index is 12.7. The molecule has 3 rings (SSSR count). The van der Waals surface area contributed by atoms with Gasteiger partial charge in [0.15, 0.2) is 0 Å². The van der Waals surface area contributed by atoms with Crippen molar-refractivity contribution >= 4 is 23.5 Å². The first-order chi connectivity index (χ1) is 10.0. The number of amides is 2. The minimum Gasteiger partial charge on any atom is -0.481 e. The highest BCUT2D eigenvalue weighted by molar-refractivity contribution is 6.22. The normalized spacial score (nSPS) is 32.1. The fraction of sp³-hybridized carbons (Fsp3) is 0.438. The van der Waals surface area contributed by atoms with Crippen molar-refractivity contribution in [3.8, 4) is 0 Å². The third-order valence-corrected chi connectivity index (χ3v) is 4.71. The molecule has 2 fully saturated rings. The summed E-state index contributed by atoms with van der Waals surface area (Å²) in [5.41, 5.74) is 0.526. The second-order valence-corrected chi connectivity index (χ2v) is 5.90. The maximum Gasteiger partial charge on any atom is 0.307 e. The predicted octanol–water partition coefficient (Wildman–Crippen LogP) is 1.92. The zero-order valence-electron chi connectivity index (χ0n) is 11.7. The van der Waals surface area contributed by atoms with Crippen molar-refractivity contribution < 1.29 is 19.5 Å². The molecule has 1 aromatic carbocycles. The molecule has 0 spiro atoms. The molecule has 5 nitrogen and oxygen atoms in total. The molecule has 1 aromatic rings. The number of imide groups is 1. The molecular weight excluding hydrogens is 270 g/mol. The molecule has 21 heavy (non-hydrogen) atoms. The zero-order valence-corrected chi connectivity index (χ0v) is 11.7. The van der Waals surface area contributed by atoms with Crippen molar-refractivity contribution in [3.05, 3.63) is 30.3 Å². The Bertz CT molecular complexity index is 598. The maximum atomic E-state index is 12.7. The smallest absolute Gasteiger partial charge is 0.307 e. The van der Waals surface area contributed by atoms with E-state index in [1.54, 1.807) is 24.3 Å². The van der Waals surface area contributed by atoms with Crippen LogP contribution in [0.2, 0.25) is 0 Å². The van der Waals surface area contributed by atoms with E-state index in [1.807, 2.05) is 13.0 Å². The molecule has 0 aromatic heterocycles. The van der Waals surface area contributed by atoms with Crippen LogP contribution in [-0.2, 0) is 14.4 Å². The van der Waals surface area contributed by atoms with Crippen LogP contribution in [0, 0.1) is 23.7 Å². The Kier molecular flexibility index (Phi) is 3.27. The Labute approximate surface area is 122 Å². The number of rotatable bonds is 2. The lowest BCUT2D eigenvalue weighted by Crippen LogP contribution is -2.39. The van der Waals surface area contributed by atoms with Crippen LogP contribution in [0.5, 0.6) is 0 Å². The Morgan fingerprint density at radius 3 is 2.33 bits per heavy atom. The molecule has 2 aliphatic rings. The van der Waals surface area contributed by atoms with Gasteiger partial charge in [0.25, 0.3) is 0 Å². The van der Waals surface area contributed by atoms with E-state index in [0.29, 0.717) is 18.5 Å². The van der Waals surface area contributed by atoms with Crippen LogP contribution in [0.1, 0.15) is 19.8 Å². The molecule has 2 amide bonds. The standard InChI is InChI=1S/C16H17NO4/c1-9-7-8-11(16(20)21)13-12(9)14(18)17(15(13)19)10-5-3-2-4-6-10/h2-6,9,11-13H,7-8H2,1H3,(H,20,21)/t9-,11+,12-,13-/m1/s1.